The molecule has 0 bridgehead atoms. The number of aliphatic hydroxyl groups is 3. The molecule has 2 fully saturated rings. The zero-order chi connectivity index (χ0) is 20.1. The molecule has 0 radical (unpaired) electrons. The summed E-state index contributed by atoms with van der Waals surface area (Å²) in [6.45, 7) is 7.18. The first-order valence-corrected chi connectivity index (χ1v) is 8.51. The molecule has 4 N–H and O–H groups in total. The van der Waals surface area contributed by atoms with Crippen LogP contribution in [0.3, 0.4) is 0 Å². The Labute approximate surface area is 151 Å². The minimum Gasteiger partial charge on any atom is -0.479 e. The summed E-state index contributed by atoms with van der Waals surface area (Å²) < 4.78 is 16.8. The smallest absolute Gasteiger partial charge is 0.337 e. The number of carboxylic acids is 1. The van der Waals surface area contributed by atoms with Crippen molar-refractivity contribution in [3.05, 3.63) is 0 Å². The van der Waals surface area contributed by atoms with E-state index in [2.05, 4.69) is 4.74 Å². The van der Waals surface area contributed by atoms with Crippen LogP contribution in [0.1, 0.15) is 40.5 Å². The van der Waals surface area contributed by atoms with Crippen LogP contribution in [0.25, 0.3) is 0 Å². The van der Waals surface area contributed by atoms with Gasteiger partial charge in [0.1, 0.15) is 0 Å². The molecule has 1 heterocycles. The van der Waals surface area contributed by atoms with Gasteiger partial charge in [-0.25, -0.2) is 9.59 Å². The molecule has 0 aromatic carbocycles. The Morgan fingerprint density at radius 3 is 2.12 bits per heavy atom. The molecular weight excluding hydrogens is 348 g/mol. The maximum atomic E-state index is 12.1. The van der Waals surface area contributed by atoms with E-state index >= 15 is 0 Å². The van der Waals surface area contributed by atoms with Crippen molar-refractivity contribution in [2.24, 2.45) is 5.92 Å². The van der Waals surface area contributed by atoms with E-state index in [4.69, 9.17) is 14.6 Å². The maximum absolute atomic E-state index is 12.1. The predicted octanol–water partition coefficient (Wildman–Crippen LogP) is -0.552. The summed E-state index contributed by atoms with van der Waals surface area (Å²) in [5, 5.41) is 40.0. The number of rotatable bonds is 4. The third-order valence-electron chi connectivity index (χ3n) is 5.81. The number of ether oxygens (including phenoxy) is 3. The van der Waals surface area contributed by atoms with Crippen LogP contribution in [-0.2, 0) is 23.8 Å². The van der Waals surface area contributed by atoms with E-state index in [9.17, 15) is 24.9 Å². The Morgan fingerprint density at radius 1 is 1.08 bits per heavy atom. The highest BCUT2D eigenvalue weighted by Gasteiger charge is 2.60. The monoisotopic (exact) mass is 376 g/mol. The molecule has 1 saturated heterocycles. The molecule has 1 aliphatic heterocycles. The molecule has 1 saturated carbocycles. The average molecular weight is 376 g/mol. The molecule has 2 aliphatic rings. The van der Waals surface area contributed by atoms with Crippen molar-refractivity contribution < 1.29 is 44.2 Å². The molecular formula is C17H28O9. The average Bonchev–Trinajstić information content (AvgIpc) is 2.53. The highest BCUT2D eigenvalue weighted by atomic mass is 16.6. The Morgan fingerprint density at radius 2 is 1.62 bits per heavy atom. The largest absolute Gasteiger partial charge is 0.479 e. The number of aliphatic carboxylic acids is 1. The molecule has 150 valence electrons. The van der Waals surface area contributed by atoms with Crippen LogP contribution in [0.15, 0.2) is 0 Å². The molecule has 9 heteroatoms. The van der Waals surface area contributed by atoms with E-state index < -0.39 is 59.1 Å². The summed E-state index contributed by atoms with van der Waals surface area (Å²) in [6.07, 6.45) is -5.93. The Kier molecular flexibility index (Phi) is 5.44. The summed E-state index contributed by atoms with van der Waals surface area (Å²) in [5.74, 6) is -3.58. The highest BCUT2D eigenvalue weighted by Crippen LogP contribution is 2.47. The lowest BCUT2D eigenvalue weighted by Gasteiger charge is -2.57. The number of hydrogen-bond acceptors (Lipinski definition) is 8. The minimum atomic E-state index is -2.10. The molecule has 0 amide bonds. The fraction of sp³-hybridized carbons (Fsp3) is 0.882. The molecule has 26 heavy (non-hydrogen) atoms. The summed E-state index contributed by atoms with van der Waals surface area (Å²) in [5.41, 5.74) is -3.55. The van der Waals surface area contributed by atoms with Gasteiger partial charge in [0.2, 0.25) is 0 Å². The van der Waals surface area contributed by atoms with Crippen molar-refractivity contribution >= 4 is 11.9 Å². The minimum absolute atomic E-state index is 0.129. The number of hydrogen-bond donors (Lipinski definition) is 4. The second-order valence-electron chi connectivity index (χ2n) is 8.13. The number of methoxy groups -OCH3 is 1. The van der Waals surface area contributed by atoms with Crippen LogP contribution in [0.4, 0.5) is 0 Å². The third kappa shape index (κ3) is 3.46. The fourth-order valence-electron chi connectivity index (χ4n) is 3.64. The third-order valence-corrected chi connectivity index (χ3v) is 5.81. The normalized spacial score (nSPS) is 37.9. The number of carboxylic acid groups (broad SMARTS) is 1. The van der Waals surface area contributed by atoms with Crippen LogP contribution in [0, 0.1) is 5.92 Å². The van der Waals surface area contributed by atoms with Gasteiger partial charge in [0.05, 0.1) is 36.6 Å². The van der Waals surface area contributed by atoms with Gasteiger partial charge in [-0.05, 0) is 34.1 Å². The van der Waals surface area contributed by atoms with Crippen molar-refractivity contribution in [2.45, 2.75) is 81.8 Å². The van der Waals surface area contributed by atoms with Crippen LogP contribution in [0.2, 0.25) is 0 Å². The molecule has 2 rings (SSSR count). The summed E-state index contributed by atoms with van der Waals surface area (Å²) in [4.78, 5) is 23.2. The SMILES string of the molecule is COC(=O)[C@@]1(O)C[C@H]2OC(C)(C)C(C)(C)O[C@@H]2[C@H](C(O)C(O)C(=O)O)C1. The van der Waals surface area contributed by atoms with Gasteiger partial charge in [-0.1, -0.05) is 0 Å². The predicted molar refractivity (Wildman–Crippen MR) is 87.2 cm³/mol. The van der Waals surface area contributed by atoms with Crippen LogP contribution in [0.5, 0.6) is 0 Å². The van der Waals surface area contributed by atoms with Gasteiger partial charge in [0.25, 0.3) is 0 Å². The molecule has 1 aliphatic carbocycles. The second kappa shape index (κ2) is 6.72. The van der Waals surface area contributed by atoms with E-state index in [-0.39, 0.29) is 12.8 Å². The number of fused-ring (bicyclic) bond motifs is 1. The van der Waals surface area contributed by atoms with Crippen molar-refractivity contribution in [3.8, 4) is 0 Å². The van der Waals surface area contributed by atoms with E-state index in [0.717, 1.165) is 7.11 Å². The van der Waals surface area contributed by atoms with Gasteiger partial charge in [-0.3, -0.25) is 0 Å². The first-order valence-electron chi connectivity index (χ1n) is 8.51. The van der Waals surface area contributed by atoms with E-state index in [1.54, 1.807) is 27.7 Å². The summed E-state index contributed by atoms with van der Waals surface area (Å²) >= 11 is 0. The van der Waals surface area contributed by atoms with Crippen molar-refractivity contribution in [2.75, 3.05) is 7.11 Å². The van der Waals surface area contributed by atoms with Gasteiger partial charge in [0, 0.05) is 12.3 Å². The second-order valence-corrected chi connectivity index (χ2v) is 8.13. The zero-order valence-corrected chi connectivity index (χ0v) is 15.6. The maximum Gasteiger partial charge on any atom is 0.337 e. The van der Waals surface area contributed by atoms with E-state index in [1.807, 2.05) is 0 Å². The molecule has 9 nitrogen and oxygen atoms in total. The first-order chi connectivity index (χ1) is 11.8. The zero-order valence-electron chi connectivity index (χ0n) is 15.6. The molecule has 6 atom stereocenters. The van der Waals surface area contributed by atoms with Crippen LogP contribution >= 0.6 is 0 Å². The fourth-order valence-corrected chi connectivity index (χ4v) is 3.64. The summed E-state index contributed by atoms with van der Waals surface area (Å²) in [7, 11) is 1.12. The molecule has 0 aromatic rings. The number of aliphatic hydroxyl groups excluding tert-OH is 2. The number of carbonyl (C=O) groups is 2. The van der Waals surface area contributed by atoms with Gasteiger partial charge in [-0.15, -0.1) is 0 Å². The number of carbonyl (C=O) groups excluding carboxylic acids is 1. The van der Waals surface area contributed by atoms with Crippen LogP contribution in [-0.4, -0.2) is 80.7 Å². The number of esters is 1. The van der Waals surface area contributed by atoms with Gasteiger partial charge < -0.3 is 34.6 Å². The van der Waals surface area contributed by atoms with Crippen molar-refractivity contribution in [1.82, 2.24) is 0 Å². The van der Waals surface area contributed by atoms with E-state index in [0.29, 0.717) is 0 Å². The van der Waals surface area contributed by atoms with Gasteiger partial charge in [-0.2, -0.15) is 0 Å². The Hall–Kier alpha value is -1.26. The van der Waals surface area contributed by atoms with Gasteiger partial charge >= 0.3 is 11.9 Å². The standard InChI is InChI=1S/C17H28O9/c1-15(2)16(3,4)26-12-8(10(18)11(19)13(20)21)6-17(23,14(22)24-5)7-9(12)25-15/h8-12,18-19,23H,6-7H2,1-5H3,(H,20,21)/t8-,9+,10?,11?,12+,17-/m0/s1. The van der Waals surface area contributed by atoms with Gasteiger partial charge in [0.15, 0.2) is 11.7 Å². The van der Waals surface area contributed by atoms with Crippen molar-refractivity contribution in [1.29, 1.82) is 0 Å². The lowest BCUT2D eigenvalue weighted by Crippen LogP contribution is -2.68. The quantitative estimate of drug-likeness (QED) is 0.475. The highest BCUT2D eigenvalue weighted by molar-refractivity contribution is 5.79. The van der Waals surface area contributed by atoms with E-state index in [1.165, 1.54) is 0 Å². The molecule has 0 spiro atoms. The topological polar surface area (TPSA) is 143 Å². The first kappa shape index (κ1) is 21.0. The Balaban J connectivity index is 2.42. The van der Waals surface area contributed by atoms with Crippen molar-refractivity contribution in [3.63, 3.8) is 0 Å². The lowest BCUT2D eigenvalue weighted by molar-refractivity contribution is -0.331. The van der Waals surface area contributed by atoms with Crippen LogP contribution < -0.4 is 0 Å². The molecule has 0 aromatic heterocycles. The molecule has 2 unspecified atom stereocenters. The Bertz CT molecular complexity index is 573. The summed E-state index contributed by atoms with van der Waals surface area (Å²) in [6, 6.07) is 0. The lowest BCUT2D eigenvalue weighted by atomic mass is 9.69.